The summed E-state index contributed by atoms with van der Waals surface area (Å²) < 4.78 is 13.2. The number of benzene rings is 1. The molecule has 1 fully saturated rings. The number of aromatic nitrogens is 2. The third kappa shape index (κ3) is 2.99. The Morgan fingerprint density at radius 2 is 2.36 bits per heavy atom. The summed E-state index contributed by atoms with van der Waals surface area (Å²) in [5.41, 5.74) is 1.71. The minimum absolute atomic E-state index is 0.00267. The van der Waals surface area contributed by atoms with Gasteiger partial charge in [-0.25, -0.2) is 9.37 Å². The fourth-order valence-electron chi connectivity index (χ4n) is 2.88. The first-order chi connectivity index (χ1) is 10.5. The van der Waals surface area contributed by atoms with Gasteiger partial charge in [0.25, 0.3) is 0 Å². The van der Waals surface area contributed by atoms with Crippen molar-refractivity contribution in [3.63, 3.8) is 0 Å². The van der Waals surface area contributed by atoms with E-state index in [1.54, 1.807) is 12.3 Å². The number of H-pyrrole nitrogens is 1. The molecule has 1 aromatic heterocycles. The van der Waals surface area contributed by atoms with Crippen molar-refractivity contribution in [1.29, 1.82) is 0 Å². The van der Waals surface area contributed by atoms with Crippen LogP contribution in [0.15, 0.2) is 24.4 Å². The van der Waals surface area contributed by atoms with E-state index in [2.05, 4.69) is 9.97 Å². The van der Waals surface area contributed by atoms with Gasteiger partial charge in [-0.2, -0.15) is 0 Å². The topological polar surface area (TPSA) is 49.0 Å². The Bertz CT molecular complexity index is 700. The van der Waals surface area contributed by atoms with Gasteiger partial charge in [0.1, 0.15) is 11.6 Å². The van der Waals surface area contributed by atoms with E-state index in [0.29, 0.717) is 0 Å². The van der Waals surface area contributed by atoms with Gasteiger partial charge in [0.2, 0.25) is 5.91 Å². The van der Waals surface area contributed by atoms with Crippen LogP contribution in [0.2, 0.25) is 5.02 Å². The maximum absolute atomic E-state index is 13.2. The van der Waals surface area contributed by atoms with Gasteiger partial charge in [-0.15, -0.1) is 0 Å². The maximum atomic E-state index is 13.2. The highest BCUT2D eigenvalue weighted by Gasteiger charge is 2.31. The molecule has 22 heavy (non-hydrogen) atoms. The monoisotopic (exact) mass is 321 g/mol. The molecular weight excluding hydrogens is 305 g/mol. The van der Waals surface area contributed by atoms with E-state index >= 15 is 0 Å². The lowest BCUT2D eigenvalue weighted by Gasteiger charge is -2.23. The van der Waals surface area contributed by atoms with Gasteiger partial charge in [0.15, 0.2) is 0 Å². The second-order valence-corrected chi connectivity index (χ2v) is 6.03. The summed E-state index contributed by atoms with van der Waals surface area (Å²) in [5.74, 6) is 0.377. The smallest absolute Gasteiger partial charge is 0.227 e. The quantitative estimate of drug-likeness (QED) is 0.941. The number of hydrogen-bond donors (Lipinski definition) is 1. The normalized spacial score (nSPS) is 18.0. The number of amides is 1. The van der Waals surface area contributed by atoms with Crippen LogP contribution in [0.3, 0.4) is 0 Å². The van der Waals surface area contributed by atoms with Crippen molar-refractivity contribution < 1.29 is 9.18 Å². The van der Waals surface area contributed by atoms with Gasteiger partial charge in [-0.05, 0) is 37.5 Å². The number of carbonyl (C=O) groups is 1. The molecule has 2 aromatic rings. The fourth-order valence-corrected chi connectivity index (χ4v) is 3.08. The number of nitrogens with one attached hydrogen (secondary N) is 1. The average molecular weight is 322 g/mol. The average Bonchev–Trinajstić information content (AvgIpc) is 3.11. The SMILES string of the molecule is Cc1cnc([C@H]2CCCN2C(=O)Cc2ccc(F)c(Cl)c2)[nH]1. The molecule has 4 nitrogen and oxygen atoms in total. The van der Waals surface area contributed by atoms with E-state index in [1.165, 1.54) is 12.1 Å². The van der Waals surface area contributed by atoms with Crippen LogP contribution in [-0.2, 0) is 11.2 Å². The van der Waals surface area contributed by atoms with Crippen molar-refractivity contribution in [2.75, 3.05) is 6.54 Å². The summed E-state index contributed by atoms with van der Waals surface area (Å²) in [6.07, 6.45) is 3.86. The molecular formula is C16H17ClFN3O. The Hall–Kier alpha value is -1.88. The Balaban J connectivity index is 1.74. The highest BCUT2D eigenvalue weighted by Crippen LogP contribution is 2.30. The van der Waals surface area contributed by atoms with Crippen LogP contribution in [0.4, 0.5) is 4.39 Å². The molecule has 1 aromatic carbocycles. The molecule has 1 saturated heterocycles. The van der Waals surface area contributed by atoms with Gasteiger partial charge in [0.05, 0.1) is 17.5 Å². The molecule has 1 aliphatic rings. The lowest BCUT2D eigenvalue weighted by molar-refractivity contribution is -0.131. The number of carbonyl (C=O) groups excluding carboxylic acids is 1. The van der Waals surface area contributed by atoms with Crippen LogP contribution >= 0.6 is 11.6 Å². The molecule has 116 valence electrons. The second kappa shape index (κ2) is 6.08. The number of nitrogens with zero attached hydrogens (tertiary/aromatic N) is 2. The van der Waals surface area contributed by atoms with Crippen LogP contribution in [-0.4, -0.2) is 27.3 Å². The number of imidazole rings is 1. The standard InChI is InChI=1S/C16H17ClFN3O/c1-10-9-19-16(20-10)14-3-2-6-21(14)15(22)8-11-4-5-13(18)12(17)7-11/h4-5,7,9,14H,2-3,6,8H2,1H3,(H,19,20)/t14-/m1/s1. The summed E-state index contributed by atoms with van der Waals surface area (Å²) in [7, 11) is 0. The van der Waals surface area contributed by atoms with Crippen molar-refractivity contribution in [3.05, 3.63) is 52.3 Å². The van der Waals surface area contributed by atoms with Crippen molar-refractivity contribution >= 4 is 17.5 Å². The van der Waals surface area contributed by atoms with Gasteiger partial charge in [-0.3, -0.25) is 4.79 Å². The number of hydrogen-bond acceptors (Lipinski definition) is 2. The number of aromatic amines is 1. The first kappa shape index (κ1) is 15.0. The zero-order valence-electron chi connectivity index (χ0n) is 12.3. The second-order valence-electron chi connectivity index (χ2n) is 5.62. The molecule has 1 amide bonds. The largest absolute Gasteiger partial charge is 0.344 e. The van der Waals surface area contributed by atoms with Gasteiger partial charge in [0, 0.05) is 18.4 Å². The Kier molecular flexibility index (Phi) is 4.16. The lowest BCUT2D eigenvalue weighted by Crippen LogP contribution is -2.32. The molecule has 1 N–H and O–H groups in total. The number of halogens is 2. The summed E-state index contributed by atoms with van der Waals surface area (Å²) in [5, 5.41) is 0.0462. The van der Waals surface area contributed by atoms with Crippen molar-refractivity contribution in [2.24, 2.45) is 0 Å². The molecule has 3 rings (SSSR count). The van der Waals surface area contributed by atoms with Crippen LogP contribution in [0.25, 0.3) is 0 Å². The fraction of sp³-hybridized carbons (Fsp3) is 0.375. The summed E-state index contributed by atoms with van der Waals surface area (Å²) in [6, 6.07) is 4.40. The lowest BCUT2D eigenvalue weighted by atomic mass is 10.1. The van der Waals surface area contributed by atoms with E-state index in [4.69, 9.17) is 11.6 Å². The highest BCUT2D eigenvalue weighted by molar-refractivity contribution is 6.30. The Morgan fingerprint density at radius 1 is 1.55 bits per heavy atom. The van der Waals surface area contributed by atoms with Crippen LogP contribution in [0.5, 0.6) is 0 Å². The van der Waals surface area contributed by atoms with Crippen molar-refractivity contribution in [3.8, 4) is 0 Å². The molecule has 0 unspecified atom stereocenters. The zero-order chi connectivity index (χ0) is 15.7. The third-order valence-electron chi connectivity index (χ3n) is 3.95. The molecule has 6 heteroatoms. The predicted octanol–water partition coefficient (Wildman–Crippen LogP) is 3.42. The van der Waals surface area contributed by atoms with E-state index in [1.807, 2.05) is 11.8 Å². The van der Waals surface area contributed by atoms with Crippen LogP contribution in [0, 0.1) is 12.7 Å². The first-order valence-corrected chi connectivity index (χ1v) is 7.67. The molecule has 1 atom stereocenters. The molecule has 0 saturated carbocycles. The Labute approximate surface area is 133 Å². The van der Waals surface area contributed by atoms with Crippen molar-refractivity contribution in [1.82, 2.24) is 14.9 Å². The number of rotatable bonds is 3. The summed E-state index contributed by atoms with van der Waals surface area (Å²) in [4.78, 5) is 21.9. The Morgan fingerprint density at radius 3 is 3.05 bits per heavy atom. The van der Waals surface area contributed by atoms with Crippen molar-refractivity contribution in [2.45, 2.75) is 32.2 Å². The molecule has 0 bridgehead atoms. The molecule has 2 heterocycles. The number of likely N-dealkylation sites (tertiary alicyclic amines) is 1. The minimum Gasteiger partial charge on any atom is -0.344 e. The van der Waals surface area contributed by atoms with E-state index in [0.717, 1.165) is 36.5 Å². The predicted molar refractivity (Wildman–Crippen MR) is 82.1 cm³/mol. The first-order valence-electron chi connectivity index (χ1n) is 7.29. The minimum atomic E-state index is -0.469. The third-order valence-corrected chi connectivity index (χ3v) is 4.24. The molecule has 1 aliphatic heterocycles. The van der Waals surface area contributed by atoms with Crippen LogP contribution < -0.4 is 0 Å². The van der Waals surface area contributed by atoms with Gasteiger partial charge >= 0.3 is 0 Å². The molecule has 0 aliphatic carbocycles. The van der Waals surface area contributed by atoms with Gasteiger partial charge in [-0.1, -0.05) is 17.7 Å². The van der Waals surface area contributed by atoms with Crippen LogP contribution in [0.1, 0.15) is 36.0 Å². The molecule has 0 radical (unpaired) electrons. The van der Waals surface area contributed by atoms with E-state index < -0.39 is 5.82 Å². The zero-order valence-corrected chi connectivity index (χ0v) is 13.0. The number of aryl methyl sites for hydroxylation is 1. The summed E-state index contributed by atoms with van der Waals surface area (Å²) in [6.45, 7) is 2.66. The van der Waals surface area contributed by atoms with Gasteiger partial charge < -0.3 is 9.88 Å². The highest BCUT2D eigenvalue weighted by atomic mass is 35.5. The van der Waals surface area contributed by atoms with E-state index in [9.17, 15) is 9.18 Å². The summed E-state index contributed by atoms with van der Waals surface area (Å²) >= 11 is 5.77. The molecule has 0 spiro atoms. The maximum Gasteiger partial charge on any atom is 0.227 e. The van der Waals surface area contributed by atoms with E-state index in [-0.39, 0.29) is 23.4 Å².